The Morgan fingerprint density at radius 1 is 1.22 bits per heavy atom. The lowest BCUT2D eigenvalue weighted by molar-refractivity contribution is 0.949. The van der Waals surface area contributed by atoms with E-state index in [-0.39, 0.29) is 0 Å². The summed E-state index contributed by atoms with van der Waals surface area (Å²) >= 11 is 2.48. The Balaban J connectivity index is 1.98. The zero-order chi connectivity index (χ0) is 6.53. The third-order valence-corrected chi connectivity index (χ3v) is 5.04. The molecule has 0 unspecified atom stereocenters. The first-order valence-electron chi connectivity index (χ1n) is 3.63. The van der Waals surface area contributed by atoms with Crippen LogP contribution >= 0.6 is 22.6 Å². The molecule has 1 heterocycles. The highest BCUT2D eigenvalue weighted by atomic mass is 127. The smallest absolute Gasteiger partial charge is 0.0862 e. The van der Waals surface area contributed by atoms with Crippen molar-refractivity contribution in [2.24, 2.45) is 0 Å². The molecule has 2 heteroatoms. The first-order chi connectivity index (χ1) is 4.43. The average molecular weight is 257 g/mol. The lowest BCUT2D eigenvalue weighted by atomic mass is 10.4. The van der Waals surface area contributed by atoms with E-state index in [1.54, 1.807) is 11.5 Å². The molecule has 0 amide bonds. The van der Waals surface area contributed by atoms with Crippen molar-refractivity contribution in [3.63, 3.8) is 0 Å². The number of halogens is 1. The zero-order valence-corrected chi connectivity index (χ0v) is 8.71. The van der Waals surface area contributed by atoms with E-state index in [2.05, 4.69) is 22.6 Å². The molecule has 54 valence electrons. The van der Waals surface area contributed by atoms with Crippen molar-refractivity contribution in [1.29, 1.82) is 0 Å². The second-order valence-electron chi connectivity index (χ2n) is 2.47. The van der Waals surface area contributed by atoms with Crippen LogP contribution in [-0.2, 0) is 10.9 Å². The van der Waals surface area contributed by atoms with Gasteiger partial charge in [0.2, 0.25) is 0 Å². The quantitative estimate of drug-likeness (QED) is 0.413. The van der Waals surface area contributed by atoms with Gasteiger partial charge in [-0.05, 0) is 23.7 Å². The number of alkyl halides is 1. The maximum Gasteiger partial charge on any atom is 0.108 e. The van der Waals surface area contributed by atoms with Gasteiger partial charge in [0.05, 0.1) is 0 Å². The van der Waals surface area contributed by atoms with Crippen LogP contribution in [0, 0.1) is 0 Å². The van der Waals surface area contributed by atoms with Crippen LogP contribution in [0.3, 0.4) is 0 Å². The molecule has 0 aromatic rings. The minimum absolute atomic E-state index is 0.868. The van der Waals surface area contributed by atoms with Crippen LogP contribution in [0.4, 0.5) is 0 Å². The largest absolute Gasteiger partial charge is 0.108 e. The molecule has 0 aliphatic carbocycles. The molecule has 0 saturated carbocycles. The monoisotopic (exact) mass is 257 g/mol. The molecule has 0 bridgehead atoms. The number of hydrogen-bond donors (Lipinski definition) is 0. The highest BCUT2D eigenvalue weighted by molar-refractivity contribution is 14.1. The summed E-state index contributed by atoms with van der Waals surface area (Å²) in [7, 11) is 0.868. The Morgan fingerprint density at radius 3 is 2.44 bits per heavy atom. The molecule has 1 rings (SSSR count). The van der Waals surface area contributed by atoms with E-state index in [1.165, 1.54) is 29.4 Å². The summed E-state index contributed by atoms with van der Waals surface area (Å²) in [5.74, 6) is 4.64. The second kappa shape index (κ2) is 4.83. The van der Waals surface area contributed by atoms with Gasteiger partial charge < -0.3 is 0 Å². The molecule has 0 spiro atoms. The van der Waals surface area contributed by atoms with Crippen LogP contribution in [-0.4, -0.2) is 21.7 Å². The van der Waals surface area contributed by atoms with Gasteiger partial charge in [0.1, 0.15) is 17.3 Å². The summed E-state index contributed by atoms with van der Waals surface area (Å²) < 4.78 is 1.36. The SMILES string of the molecule is ICCC[S+]1CCCC1. The van der Waals surface area contributed by atoms with Gasteiger partial charge >= 0.3 is 0 Å². The summed E-state index contributed by atoms with van der Waals surface area (Å²) in [6, 6.07) is 0. The van der Waals surface area contributed by atoms with Gasteiger partial charge in [0.15, 0.2) is 0 Å². The summed E-state index contributed by atoms with van der Waals surface area (Å²) in [6.45, 7) is 0. The summed E-state index contributed by atoms with van der Waals surface area (Å²) in [6.07, 6.45) is 4.50. The van der Waals surface area contributed by atoms with Gasteiger partial charge in [-0.3, -0.25) is 0 Å². The highest BCUT2D eigenvalue weighted by Gasteiger charge is 2.22. The Morgan fingerprint density at radius 2 is 1.89 bits per heavy atom. The molecule has 1 aliphatic heterocycles. The predicted molar refractivity (Wildman–Crippen MR) is 54.7 cm³/mol. The average Bonchev–Trinajstić information content (AvgIpc) is 2.34. The molecule has 0 nitrogen and oxygen atoms in total. The second-order valence-corrected chi connectivity index (χ2v) is 6.00. The molecule has 1 saturated heterocycles. The van der Waals surface area contributed by atoms with E-state index in [4.69, 9.17) is 0 Å². The molecule has 1 fully saturated rings. The van der Waals surface area contributed by atoms with Crippen molar-refractivity contribution in [2.45, 2.75) is 19.3 Å². The zero-order valence-electron chi connectivity index (χ0n) is 5.74. The number of rotatable bonds is 3. The Kier molecular flexibility index (Phi) is 4.39. The van der Waals surface area contributed by atoms with Crippen molar-refractivity contribution >= 4 is 33.5 Å². The van der Waals surface area contributed by atoms with Crippen LogP contribution < -0.4 is 0 Å². The molecule has 0 aromatic heterocycles. The van der Waals surface area contributed by atoms with Crippen LogP contribution in [0.15, 0.2) is 0 Å². The maximum atomic E-state index is 2.48. The Labute approximate surface area is 74.3 Å². The van der Waals surface area contributed by atoms with E-state index in [1.807, 2.05) is 0 Å². The van der Waals surface area contributed by atoms with Crippen molar-refractivity contribution in [3.05, 3.63) is 0 Å². The van der Waals surface area contributed by atoms with Crippen LogP contribution in [0.25, 0.3) is 0 Å². The van der Waals surface area contributed by atoms with Crippen molar-refractivity contribution in [1.82, 2.24) is 0 Å². The van der Waals surface area contributed by atoms with Crippen LogP contribution in [0.5, 0.6) is 0 Å². The first kappa shape index (κ1) is 8.18. The van der Waals surface area contributed by atoms with Gasteiger partial charge in [0, 0.05) is 10.8 Å². The van der Waals surface area contributed by atoms with Gasteiger partial charge in [-0.15, -0.1) is 0 Å². The van der Waals surface area contributed by atoms with E-state index < -0.39 is 0 Å². The van der Waals surface area contributed by atoms with Crippen molar-refractivity contribution in [2.75, 3.05) is 21.7 Å². The van der Waals surface area contributed by atoms with Crippen molar-refractivity contribution < 1.29 is 0 Å². The third kappa shape index (κ3) is 3.12. The Hall–Kier alpha value is 1.08. The van der Waals surface area contributed by atoms with Crippen LogP contribution in [0.2, 0.25) is 0 Å². The van der Waals surface area contributed by atoms with E-state index >= 15 is 0 Å². The number of hydrogen-bond acceptors (Lipinski definition) is 0. The first-order valence-corrected chi connectivity index (χ1v) is 6.89. The minimum atomic E-state index is 0.868. The maximum absolute atomic E-state index is 2.48. The van der Waals surface area contributed by atoms with Gasteiger partial charge in [-0.2, -0.15) is 0 Å². The molecule has 0 N–H and O–H groups in total. The van der Waals surface area contributed by atoms with E-state index in [0.717, 1.165) is 10.9 Å². The van der Waals surface area contributed by atoms with Crippen LogP contribution in [0.1, 0.15) is 19.3 Å². The summed E-state index contributed by atoms with van der Waals surface area (Å²) in [5.41, 5.74) is 0. The topological polar surface area (TPSA) is 0 Å². The summed E-state index contributed by atoms with van der Waals surface area (Å²) in [4.78, 5) is 0. The fourth-order valence-corrected chi connectivity index (χ4v) is 4.47. The highest BCUT2D eigenvalue weighted by Crippen LogP contribution is 2.14. The van der Waals surface area contributed by atoms with E-state index in [9.17, 15) is 0 Å². The lowest BCUT2D eigenvalue weighted by Crippen LogP contribution is -2.08. The molecule has 0 radical (unpaired) electrons. The van der Waals surface area contributed by atoms with Gasteiger partial charge in [-0.1, -0.05) is 22.6 Å². The molecule has 0 aromatic carbocycles. The van der Waals surface area contributed by atoms with Crippen molar-refractivity contribution in [3.8, 4) is 0 Å². The van der Waals surface area contributed by atoms with Gasteiger partial charge in [-0.25, -0.2) is 0 Å². The molecular formula is C7H14IS+. The fourth-order valence-electron chi connectivity index (χ4n) is 1.18. The molecule has 0 atom stereocenters. The predicted octanol–water partition coefficient (Wildman–Crippen LogP) is 2.22. The molecular weight excluding hydrogens is 243 g/mol. The third-order valence-electron chi connectivity index (χ3n) is 1.68. The normalized spacial score (nSPS) is 21.0. The fraction of sp³-hybridized carbons (Fsp3) is 1.00. The molecule has 1 aliphatic rings. The lowest BCUT2D eigenvalue weighted by Gasteiger charge is -1.96. The Bertz CT molecular complexity index is 69.3. The summed E-state index contributed by atoms with van der Waals surface area (Å²) in [5, 5.41) is 0. The standard InChI is InChI=1S/C7H14IS/c8-4-3-7-9-5-1-2-6-9/h1-7H2/q+1. The molecule has 9 heavy (non-hydrogen) atoms. The van der Waals surface area contributed by atoms with E-state index in [0.29, 0.717) is 0 Å². The van der Waals surface area contributed by atoms with Gasteiger partial charge in [0.25, 0.3) is 0 Å². The minimum Gasteiger partial charge on any atom is -0.0862 e.